The molecule has 1 atom stereocenters. The van der Waals surface area contributed by atoms with Gasteiger partial charge in [-0.1, -0.05) is 6.07 Å². The standard InChI is InChI=1S/C14H18N2O3S/c1-9-11(4-3-5-12(9)20-2)15-14(19)16-7-6-10(8-16)13(17)18/h3-5,10H,6-8H2,1-2H3,(H,15,19)(H,17,18). The average Bonchev–Trinajstić information content (AvgIpc) is 2.91. The van der Waals surface area contributed by atoms with Gasteiger partial charge in [0.1, 0.15) is 0 Å². The molecule has 0 bridgehead atoms. The quantitative estimate of drug-likeness (QED) is 0.841. The molecule has 2 rings (SSSR count). The highest BCUT2D eigenvalue weighted by molar-refractivity contribution is 7.98. The lowest BCUT2D eigenvalue weighted by atomic mass is 10.1. The molecule has 2 N–H and O–H groups in total. The first-order chi connectivity index (χ1) is 9.52. The fraction of sp³-hybridized carbons (Fsp3) is 0.429. The number of urea groups is 1. The molecular formula is C14H18N2O3S. The van der Waals surface area contributed by atoms with Gasteiger partial charge in [0, 0.05) is 23.7 Å². The van der Waals surface area contributed by atoms with Crippen LogP contribution in [0.5, 0.6) is 0 Å². The van der Waals surface area contributed by atoms with E-state index in [9.17, 15) is 9.59 Å². The number of aliphatic carboxylic acids is 1. The smallest absolute Gasteiger partial charge is 0.321 e. The zero-order chi connectivity index (χ0) is 14.7. The molecule has 1 aliphatic rings. The van der Waals surface area contributed by atoms with E-state index in [1.54, 1.807) is 16.7 Å². The number of anilines is 1. The number of hydrogen-bond acceptors (Lipinski definition) is 3. The molecule has 1 unspecified atom stereocenters. The number of carbonyl (C=O) groups is 2. The van der Waals surface area contributed by atoms with E-state index in [1.165, 1.54) is 0 Å². The van der Waals surface area contributed by atoms with E-state index < -0.39 is 11.9 Å². The van der Waals surface area contributed by atoms with Crippen LogP contribution in [0.25, 0.3) is 0 Å². The Morgan fingerprint density at radius 3 is 2.80 bits per heavy atom. The molecule has 0 spiro atoms. The molecule has 1 aromatic rings. The summed E-state index contributed by atoms with van der Waals surface area (Å²) in [5.41, 5.74) is 1.81. The number of rotatable bonds is 3. The highest BCUT2D eigenvalue weighted by Crippen LogP contribution is 2.26. The van der Waals surface area contributed by atoms with Gasteiger partial charge >= 0.3 is 12.0 Å². The first kappa shape index (κ1) is 14.7. The Morgan fingerprint density at radius 1 is 1.45 bits per heavy atom. The summed E-state index contributed by atoms with van der Waals surface area (Å²) in [7, 11) is 0. The van der Waals surface area contributed by atoms with Crippen molar-refractivity contribution in [3.05, 3.63) is 23.8 Å². The summed E-state index contributed by atoms with van der Waals surface area (Å²) in [4.78, 5) is 25.7. The number of nitrogens with one attached hydrogen (secondary N) is 1. The molecule has 1 fully saturated rings. The molecule has 0 radical (unpaired) electrons. The minimum atomic E-state index is -0.833. The summed E-state index contributed by atoms with van der Waals surface area (Å²) in [6.07, 6.45) is 2.51. The summed E-state index contributed by atoms with van der Waals surface area (Å²) in [6, 6.07) is 5.54. The van der Waals surface area contributed by atoms with Crippen molar-refractivity contribution in [1.29, 1.82) is 0 Å². The third-order valence-electron chi connectivity index (χ3n) is 3.57. The van der Waals surface area contributed by atoms with Crippen LogP contribution in [0, 0.1) is 12.8 Å². The number of benzene rings is 1. The van der Waals surface area contributed by atoms with Crippen molar-refractivity contribution in [2.75, 3.05) is 24.7 Å². The maximum atomic E-state index is 12.1. The van der Waals surface area contributed by atoms with Crippen molar-refractivity contribution in [3.63, 3.8) is 0 Å². The van der Waals surface area contributed by atoms with Crippen LogP contribution in [0.3, 0.4) is 0 Å². The largest absolute Gasteiger partial charge is 0.481 e. The molecular weight excluding hydrogens is 276 g/mol. The predicted molar refractivity (Wildman–Crippen MR) is 79.3 cm³/mol. The van der Waals surface area contributed by atoms with Gasteiger partial charge in [0.15, 0.2) is 0 Å². The number of likely N-dealkylation sites (tertiary alicyclic amines) is 1. The lowest BCUT2D eigenvalue weighted by molar-refractivity contribution is -0.141. The molecule has 1 heterocycles. The first-order valence-corrected chi connectivity index (χ1v) is 7.67. The molecule has 1 saturated heterocycles. The zero-order valence-electron chi connectivity index (χ0n) is 11.5. The number of carbonyl (C=O) groups excluding carboxylic acids is 1. The second-order valence-corrected chi connectivity index (χ2v) is 5.68. The molecule has 6 heteroatoms. The van der Waals surface area contributed by atoms with Crippen LogP contribution in [-0.4, -0.2) is 41.4 Å². The van der Waals surface area contributed by atoms with Crippen LogP contribution >= 0.6 is 11.8 Å². The van der Waals surface area contributed by atoms with Crippen LogP contribution < -0.4 is 5.32 Å². The van der Waals surface area contributed by atoms with Crippen molar-refractivity contribution < 1.29 is 14.7 Å². The van der Waals surface area contributed by atoms with Gasteiger partial charge in [-0.05, 0) is 37.3 Å². The summed E-state index contributed by atoms with van der Waals surface area (Å²) in [5, 5.41) is 11.8. The number of carboxylic acids is 1. The summed E-state index contributed by atoms with van der Waals surface area (Å²) in [6.45, 7) is 2.73. The van der Waals surface area contributed by atoms with E-state index in [0.717, 1.165) is 16.1 Å². The van der Waals surface area contributed by atoms with Crippen molar-refractivity contribution in [3.8, 4) is 0 Å². The van der Waals surface area contributed by atoms with Crippen LogP contribution in [0.2, 0.25) is 0 Å². The van der Waals surface area contributed by atoms with Gasteiger partial charge in [-0.3, -0.25) is 4.79 Å². The molecule has 108 valence electrons. The van der Waals surface area contributed by atoms with Crippen molar-refractivity contribution in [2.24, 2.45) is 5.92 Å². The van der Waals surface area contributed by atoms with E-state index in [-0.39, 0.29) is 12.6 Å². The zero-order valence-corrected chi connectivity index (χ0v) is 12.4. The average molecular weight is 294 g/mol. The SMILES string of the molecule is CSc1cccc(NC(=O)N2CCC(C(=O)O)C2)c1C. The summed E-state index contributed by atoms with van der Waals surface area (Å²) in [5.74, 6) is -1.28. The van der Waals surface area contributed by atoms with Crippen LogP contribution in [-0.2, 0) is 4.79 Å². The Kier molecular flexibility index (Phi) is 4.54. The Bertz CT molecular complexity index is 533. The molecule has 20 heavy (non-hydrogen) atoms. The third-order valence-corrected chi connectivity index (χ3v) is 4.45. The van der Waals surface area contributed by atoms with Gasteiger partial charge in [-0.2, -0.15) is 0 Å². The van der Waals surface area contributed by atoms with Crippen LogP contribution in [0.15, 0.2) is 23.1 Å². The van der Waals surface area contributed by atoms with E-state index >= 15 is 0 Å². The topological polar surface area (TPSA) is 69.6 Å². The van der Waals surface area contributed by atoms with E-state index in [2.05, 4.69) is 5.32 Å². The number of carboxylic acid groups (broad SMARTS) is 1. The lowest BCUT2D eigenvalue weighted by Crippen LogP contribution is -2.34. The maximum absolute atomic E-state index is 12.1. The van der Waals surface area contributed by atoms with Gasteiger partial charge in [0.05, 0.1) is 5.92 Å². The molecule has 0 aliphatic carbocycles. The highest BCUT2D eigenvalue weighted by Gasteiger charge is 2.30. The molecule has 2 amide bonds. The van der Waals surface area contributed by atoms with Gasteiger partial charge < -0.3 is 15.3 Å². The van der Waals surface area contributed by atoms with E-state index in [0.29, 0.717) is 13.0 Å². The van der Waals surface area contributed by atoms with Crippen LogP contribution in [0.1, 0.15) is 12.0 Å². The van der Waals surface area contributed by atoms with Crippen molar-refractivity contribution in [1.82, 2.24) is 4.90 Å². The summed E-state index contributed by atoms with van der Waals surface area (Å²) < 4.78 is 0. The van der Waals surface area contributed by atoms with Gasteiger partial charge in [0.25, 0.3) is 0 Å². The van der Waals surface area contributed by atoms with Crippen molar-refractivity contribution >= 4 is 29.4 Å². The normalized spacial score (nSPS) is 18.1. The minimum Gasteiger partial charge on any atom is -0.481 e. The Morgan fingerprint density at radius 2 is 2.20 bits per heavy atom. The summed E-state index contributed by atoms with van der Waals surface area (Å²) >= 11 is 1.63. The second kappa shape index (κ2) is 6.17. The molecule has 5 nitrogen and oxygen atoms in total. The minimum absolute atomic E-state index is 0.227. The third kappa shape index (κ3) is 3.07. The molecule has 0 aromatic heterocycles. The van der Waals surface area contributed by atoms with Crippen molar-refractivity contribution in [2.45, 2.75) is 18.2 Å². The maximum Gasteiger partial charge on any atom is 0.321 e. The fourth-order valence-electron chi connectivity index (χ4n) is 2.31. The van der Waals surface area contributed by atoms with Gasteiger partial charge in [-0.25, -0.2) is 4.79 Å². The van der Waals surface area contributed by atoms with Crippen LogP contribution in [0.4, 0.5) is 10.5 Å². The fourth-order valence-corrected chi connectivity index (χ4v) is 2.94. The number of hydrogen-bond donors (Lipinski definition) is 2. The lowest BCUT2D eigenvalue weighted by Gasteiger charge is -2.18. The Balaban J connectivity index is 2.04. The number of nitrogens with zero attached hydrogens (tertiary/aromatic N) is 1. The molecule has 1 aliphatic heterocycles. The predicted octanol–water partition coefficient (Wildman–Crippen LogP) is 2.66. The highest BCUT2D eigenvalue weighted by atomic mass is 32.2. The number of amides is 2. The molecule has 0 saturated carbocycles. The Hall–Kier alpha value is -1.69. The van der Waals surface area contributed by atoms with Gasteiger partial charge in [-0.15, -0.1) is 11.8 Å². The second-order valence-electron chi connectivity index (χ2n) is 4.83. The van der Waals surface area contributed by atoms with E-state index in [4.69, 9.17) is 5.11 Å². The first-order valence-electron chi connectivity index (χ1n) is 6.45. The number of thioether (sulfide) groups is 1. The Labute approximate surface area is 122 Å². The monoisotopic (exact) mass is 294 g/mol. The van der Waals surface area contributed by atoms with Gasteiger partial charge in [0.2, 0.25) is 0 Å². The molecule has 1 aromatic carbocycles. The van der Waals surface area contributed by atoms with E-state index in [1.807, 2.05) is 31.4 Å².